The van der Waals surface area contributed by atoms with E-state index in [9.17, 15) is 0 Å². The largest absolute Gasteiger partial charge is 0.367 e. The first kappa shape index (κ1) is 16.6. The molecule has 0 aliphatic heterocycles. The molecule has 0 atom stereocenters. The van der Waals surface area contributed by atoms with Crippen molar-refractivity contribution in [1.82, 2.24) is 9.97 Å². The molecule has 0 radical (unpaired) electrons. The average Bonchev–Trinajstić information content (AvgIpc) is 3.01. The zero-order valence-electron chi connectivity index (χ0n) is 12.3. The molecule has 2 rings (SSSR count). The van der Waals surface area contributed by atoms with Gasteiger partial charge in [-0.25, -0.2) is 0 Å². The Hall–Kier alpha value is -1.44. The van der Waals surface area contributed by atoms with Crippen molar-refractivity contribution in [2.24, 2.45) is 0 Å². The van der Waals surface area contributed by atoms with Crippen LogP contribution >= 0.6 is 0 Å². The second kappa shape index (κ2) is 12.0. The smallest absolute Gasteiger partial charge is 0.00345 e. The van der Waals surface area contributed by atoms with Crippen LogP contribution in [0.25, 0.3) is 0 Å². The van der Waals surface area contributed by atoms with Crippen LogP contribution in [0, 0.1) is 13.8 Å². The molecule has 0 amide bonds. The van der Waals surface area contributed by atoms with Crippen molar-refractivity contribution in [1.29, 1.82) is 0 Å². The Morgan fingerprint density at radius 3 is 1.28 bits per heavy atom. The number of aromatic nitrogens is 2. The predicted octanol–water partition coefficient (Wildman–Crippen LogP) is 5.23. The number of aryl methyl sites for hydroxylation is 2. The number of hydrogen-bond acceptors (Lipinski definition) is 0. The molecule has 0 spiro atoms. The van der Waals surface area contributed by atoms with Gasteiger partial charge in [-0.1, -0.05) is 39.5 Å². The highest BCUT2D eigenvalue weighted by molar-refractivity contribution is 5.04. The number of unbranched alkanes of at least 4 members (excludes halogenated alkanes) is 3. The fraction of sp³-hybridized carbons (Fsp3) is 0.500. The summed E-state index contributed by atoms with van der Waals surface area (Å²) in [5, 5.41) is 0. The summed E-state index contributed by atoms with van der Waals surface area (Å²) in [6, 6.07) is 4.06. The van der Waals surface area contributed by atoms with Gasteiger partial charge in [0.2, 0.25) is 0 Å². The lowest BCUT2D eigenvalue weighted by Gasteiger charge is -1.86. The maximum Gasteiger partial charge on any atom is 0.00345 e. The van der Waals surface area contributed by atoms with Crippen molar-refractivity contribution < 1.29 is 0 Å². The van der Waals surface area contributed by atoms with Crippen molar-refractivity contribution in [2.45, 2.75) is 53.4 Å². The van der Waals surface area contributed by atoms with Crippen LogP contribution in [0.4, 0.5) is 0 Å². The van der Waals surface area contributed by atoms with E-state index in [0.29, 0.717) is 0 Å². The minimum absolute atomic E-state index is 1.29. The number of rotatable bonds is 3. The highest BCUT2D eigenvalue weighted by Crippen LogP contribution is 1.95. The molecule has 0 aromatic carbocycles. The fourth-order valence-corrected chi connectivity index (χ4v) is 1.31. The molecule has 0 unspecified atom stereocenters. The van der Waals surface area contributed by atoms with Gasteiger partial charge in [-0.15, -0.1) is 0 Å². The minimum atomic E-state index is 1.29. The first-order chi connectivity index (χ1) is 8.70. The van der Waals surface area contributed by atoms with Gasteiger partial charge in [0, 0.05) is 24.8 Å². The second-order valence-corrected chi connectivity index (χ2v) is 4.48. The number of hydrogen-bond donors (Lipinski definition) is 2. The van der Waals surface area contributed by atoms with E-state index in [1.807, 2.05) is 36.9 Å². The maximum atomic E-state index is 2.93. The molecular formula is C16H28N2. The maximum absolute atomic E-state index is 2.93. The van der Waals surface area contributed by atoms with Crippen LogP contribution in [0.5, 0.6) is 0 Å². The van der Waals surface area contributed by atoms with Gasteiger partial charge < -0.3 is 9.97 Å². The van der Waals surface area contributed by atoms with Crippen molar-refractivity contribution in [3.8, 4) is 0 Å². The average molecular weight is 248 g/mol. The van der Waals surface area contributed by atoms with Crippen molar-refractivity contribution in [3.63, 3.8) is 0 Å². The summed E-state index contributed by atoms with van der Waals surface area (Å²) in [4.78, 5) is 5.86. The summed E-state index contributed by atoms with van der Waals surface area (Å²) in [6.45, 7) is 8.57. The third kappa shape index (κ3) is 11.1. The Labute approximate surface area is 112 Å². The van der Waals surface area contributed by atoms with Crippen molar-refractivity contribution in [2.75, 3.05) is 0 Å². The van der Waals surface area contributed by atoms with Crippen LogP contribution in [-0.4, -0.2) is 9.97 Å². The second-order valence-electron chi connectivity index (χ2n) is 4.48. The molecule has 0 saturated carbocycles. The fourth-order valence-electron chi connectivity index (χ4n) is 1.31. The lowest BCUT2D eigenvalue weighted by atomic mass is 10.2. The van der Waals surface area contributed by atoms with Gasteiger partial charge >= 0.3 is 0 Å². The van der Waals surface area contributed by atoms with Crippen LogP contribution in [0.2, 0.25) is 0 Å². The Morgan fingerprint density at radius 1 is 0.778 bits per heavy atom. The SMILES string of the molecule is CCCCCC.Cc1cc[nH]c1.Cc1cc[nH]c1. The van der Waals surface area contributed by atoms with Gasteiger partial charge in [0.1, 0.15) is 0 Å². The van der Waals surface area contributed by atoms with E-state index in [0.717, 1.165) is 0 Å². The van der Waals surface area contributed by atoms with E-state index >= 15 is 0 Å². The van der Waals surface area contributed by atoms with Gasteiger partial charge in [-0.3, -0.25) is 0 Å². The number of H-pyrrole nitrogens is 2. The predicted molar refractivity (Wildman–Crippen MR) is 80.9 cm³/mol. The highest BCUT2D eigenvalue weighted by atomic mass is 14.6. The van der Waals surface area contributed by atoms with Crippen molar-refractivity contribution in [3.05, 3.63) is 48.0 Å². The highest BCUT2D eigenvalue weighted by Gasteiger charge is 1.75. The third-order valence-electron chi connectivity index (χ3n) is 2.46. The molecule has 2 nitrogen and oxygen atoms in total. The normalized spacial score (nSPS) is 8.89. The molecule has 2 heterocycles. The van der Waals surface area contributed by atoms with E-state index in [2.05, 4.69) is 37.7 Å². The molecule has 0 bridgehead atoms. The monoisotopic (exact) mass is 248 g/mol. The van der Waals surface area contributed by atoms with E-state index in [4.69, 9.17) is 0 Å². The van der Waals surface area contributed by atoms with E-state index in [-0.39, 0.29) is 0 Å². The Morgan fingerprint density at radius 2 is 1.17 bits per heavy atom. The summed E-state index contributed by atoms with van der Waals surface area (Å²) in [5.74, 6) is 0. The molecule has 0 aliphatic carbocycles. The number of nitrogens with one attached hydrogen (secondary N) is 2. The van der Waals surface area contributed by atoms with E-state index < -0.39 is 0 Å². The lowest BCUT2D eigenvalue weighted by Crippen LogP contribution is -1.66. The first-order valence-corrected chi connectivity index (χ1v) is 6.89. The third-order valence-corrected chi connectivity index (χ3v) is 2.46. The molecule has 0 fully saturated rings. The topological polar surface area (TPSA) is 31.6 Å². The molecule has 0 aliphatic rings. The molecule has 2 aromatic rings. The van der Waals surface area contributed by atoms with Crippen LogP contribution < -0.4 is 0 Å². The van der Waals surface area contributed by atoms with Crippen LogP contribution in [0.15, 0.2) is 36.9 Å². The van der Waals surface area contributed by atoms with Gasteiger partial charge in [0.25, 0.3) is 0 Å². The molecule has 2 N–H and O–H groups in total. The molecule has 0 saturated heterocycles. The van der Waals surface area contributed by atoms with Crippen LogP contribution in [0.3, 0.4) is 0 Å². The zero-order chi connectivity index (χ0) is 13.6. The number of aromatic amines is 2. The standard InChI is InChI=1S/C6H14.2C5H7N/c1-3-5-6-4-2;2*1-5-2-3-6-4-5/h3-6H2,1-2H3;2*2-4,6H,1H3. The molecule has 2 heteroatoms. The zero-order valence-corrected chi connectivity index (χ0v) is 12.3. The van der Waals surface area contributed by atoms with Gasteiger partial charge in [0.05, 0.1) is 0 Å². The van der Waals surface area contributed by atoms with Gasteiger partial charge in [-0.2, -0.15) is 0 Å². The minimum Gasteiger partial charge on any atom is -0.367 e. The Bertz CT molecular complexity index is 297. The summed E-state index contributed by atoms with van der Waals surface area (Å²) in [5.41, 5.74) is 2.57. The molecule has 2 aromatic heterocycles. The molecular weight excluding hydrogens is 220 g/mol. The molecule has 102 valence electrons. The molecule has 18 heavy (non-hydrogen) atoms. The summed E-state index contributed by atoms with van der Waals surface area (Å²) in [6.07, 6.45) is 13.3. The van der Waals surface area contributed by atoms with Gasteiger partial charge in [-0.05, 0) is 37.1 Å². The summed E-state index contributed by atoms with van der Waals surface area (Å²) < 4.78 is 0. The van der Waals surface area contributed by atoms with E-state index in [1.54, 1.807) is 0 Å². The summed E-state index contributed by atoms with van der Waals surface area (Å²) >= 11 is 0. The van der Waals surface area contributed by atoms with E-state index in [1.165, 1.54) is 36.8 Å². The van der Waals surface area contributed by atoms with Crippen LogP contribution in [-0.2, 0) is 0 Å². The van der Waals surface area contributed by atoms with Crippen LogP contribution in [0.1, 0.15) is 50.7 Å². The quantitative estimate of drug-likeness (QED) is 0.697. The Balaban J connectivity index is 0.000000241. The van der Waals surface area contributed by atoms with Gasteiger partial charge in [0.15, 0.2) is 0 Å². The lowest BCUT2D eigenvalue weighted by molar-refractivity contribution is 0.702. The van der Waals surface area contributed by atoms with Crippen molar-refractivity contribution >= 4 is 0 Å². The summed E-state index contributed by atoms with van der Waals surface area (Å²) in [7, 11) is 0. The Kier molecular flexibility index (Phi) is 11.1. The first-order valence-electron chi connectivity index (χ1n) is 6.89.